The van der Waals surface area contributed by atoms with E-state index in [9.17, 15) is 13.2 Å². The van der Waals surface area contributed by atoms with E-state index in [1.807, 2.05) is 0 Å². The Morgan fingerprint density at radius 2 is 1.87 bits per heavy atom. The van der Waals surface area contributed by atoms with Crippen LogP contribution in [0.25, 0.3) is 0 Å². The van der Waals surface area contributed by atoms with Gasteiger partial charge < -0.3 is 14.4 Å². The van der Waals surface area contributed by atoms with Gasteiger partial charge in [-0.3, -0.25) is 4.79 Å². The standard InChI is InChI=1S/C21H26N4O5S/c1-15-22-14-18(21(26)24-10-12-30-13-11-24)20(23-15)19-4-3-9-25(19)31(27,28)17-7-5-16(29-2)6-8-17/h5-8,14,19H,3-4,9-13H2,1-2H3/t19-/m1/s1. The Hall–Kier alpha value is -2.56. The summed E-state index contributed by atoms with van der Waals surface area (Å²) in [7, 11) is -2.24. The van der Waals surface area contributed by atoms with Crippen molar-refractivity contribution < 1.29 is 22.7 Å². The van der Waals surface area contributed by atoms with Gasteiger partial charge in [-0.25, -0.2) is 18.4 Å². The number of rotatable bonds is 5. The average molecular weight is 447 g/mol. The molecule has 31 heavy (non-hydrogen) atoms. The first-order valence-electron chi connectivity index (χ1n) is 10.3. The van der Waals surface area contributed by atoms with Gasteiger partial charge in [0.1, 0.15) is 11.6 Å². The van der Waals surface area contributed by atoms with Crippen LogP contribution in [0.4, 0.5) is 0 Å². The molecule has 0 spiro atoms. The number of morpholine rings is 1. The van der Waals surface area contributed by atoms with Crippen molar-refractivity contribution in [1.29, 1.82) is 0 Å². The molecule has 0 N–H and O–H groups in total. The van der Waals surface area contributed by atoms with E-state index >= 15 is 0 Å². The van der Waals surface area contributed by atoms with Crippen molar-refractivity contribution in [3.63, 3.8) is 0 Å². The molecule has 0 aliphatic carbocycles. The Kier molecular flexibility index (Phi) is 6.22. The minimum absolute atomic E-state index is 0.187. The van der Waals surface area contributed by atoms with Gasteiger partial charge in [0.25, 0.3) is 5.91 Å². The highest BCUT2D eigenvalue weighted by Gasteiger charge is 2.39. The van der Waals surface area contributed by atoms with Crippen LogP contribution in [0.2, 0.25) is 0 Å². The van der Waals surface area contributed by atoms with Gasteiger partial charge in [-0.05, 0) is 44.0 Å². The van der Waals surface area contributed by atoms with Gasteiger partial charge in [-0.1, -0.05) is 0 Å². The average Bonchev–Trinajstić information content (AvgIpc) is 3.30. The van der Waals surface area contributed by atoms with Crippen LogP contribution in [0.5, 0.6) is 5.75 Å². The molecule has 1 aromatic carbocycles. The SMILES string of the molecule is COc1ccc(S(=O)(=O)N2CCC[C@@H]2c2nc(C)ncc2C(=O)N2CCOCC2)cc1. The Bertz CT molecular complexity index is 1050. The summed E-state index contributed by atoms with van der Waals surface area (Å²) in [6.07, 6.45) is 2.80. The number of hydrogen-bond acceptors (Lipinski definition) is 7. The summed E-state index contributed by atoms with van der Waals surface area (Å²) in [4.78, 5) is 23.8. The van der Waals surface area contributed by atoms with Gasteiger partial charge in [-0.2, -0.15) is 4.31 Å². The van der Waals surface area contributed by atoms with Crippen molar-refractivity contribution in [1.82, 2.24) is 19.2 Å². The fraction of sp³-hybridized carbons (Fsp3) is 0.476. The van der Waals surface area contributed by atoms with Crippen molar-refractivity contribution in [2.24, 2.45) is 0 Å². The minimum Gasteiger partial charge on any atom is -0.497 e. The van der Waals surface area contributed by atoms with Crippen LogP contribution < -0.4 is 4.74 Å². The van der Waals surface area contributed by atoms with Gasteiger partial charge in [0, 0.05) is 25.8 Å². The van der Waals surface area contributed by atoms with E-state index in [0.717, 1.165) is 0 Å². The van der Waals surface area contributed by atoms with E-state index in [-0.39, 0.29) is 10.8 Å². The summed E-state index contributed by atoms with van der Waals surface area (Å²) >= 11 is 0. The van der Waals surface area contributed by atoms with E-state index in [4.69, 9.17) is 9.47 Å². The van der Waals surface area contributed by atoms with E-state index in [2.05, 4.69) is 9.97 Å². The second-order valence-corrected chi connectivity index (χ2v) is 9.46. The van der Waals surface area contributed by atoms with Crippen LogP contribution in [0, 0.1) is 6.92 Å². The molecule has 2 aromatic rings. The molecule has 166 valence electrons. The lowest BCUT2D eigenvalue weighted by Gasteiger charge is -2.29. The lowest BCUT2D eigenvalue weighted by Crippen LogP contribution is -2.41. The molecule has 2 aliphatic rings. The van der Waals surface area contributed by atoms with Crippen molar-refractivity contribution in [3.05, 3.63) is 47.5 Å². The highest BCUT2D eigenvalue weighted by molar-refractivity contribution is 7.89. The summed E-state index contributed by atoms with van der Waals surface area (Å²) < 4.78 is 38.8. The minimum atomic E-state index is -3.77. The van der Waals surface area contributed by atoms with Crippen molar-refractivity contribution in [2.45, 2.75) is 30.7 Å². The first kappa shape index (κ1) is 21.7. The maximum Gasteiger partial charge on any atom is 0.257 e. The molecule has 2 fully saturated rings. The second-order valence-electron chi connectivity index (χ2n) is 7.57. The molecule has 2 aliphatic heterocycles. The molecule has 0 saturated carbocycles. The highest BCUT2D eigenvalue weighted by Crippen LogP contribution is 2.37. The zero-order valence-corrected chi connectivity index (χ0v) is 18.5. The van der Waals surface area contributed by atoms with Gasteiger partial charge >= 0.3 is 0 Å². The summed E-state index contributed by atoms with van der Waals surface area (Å²) in [5, 5.41) is 0. The van der Waals surface area contributed by atoms with Crippen LogP contribution in [0.3, 0.4) is 0 Å². The van der Waals surface area contributed by atoms with Crippen LogP contribution in [-0.2, 0) is 14.8 Å². The molecule has 4 rings (SSSR count). The number of hydrogen-bond donors (Lipinski definition) is 0. The highest BCUT2D eigenvalue weighted by atomic mass is 32.2. The number of methoxy groups -OCH3 is 1. The summed E-state index contributed by atoms with van der Waals surface area (Å²) in [5.41, 5.74) is 0.827. The van der Waals surface area contributed by atoms with Gasteiger partial charge in [-0.15, -0.1) is 0 Å². The number of carbonyl (C=O) groups is 1. The number of aromatic nitrogens is 2. The molecule has 0 radical (unpaired) electrons. The fourth-order valence-electron chi connectivity index (χ4n) is 4.03. The van der Waals surface area contributed by atoms with E-state index in [1.54, 1.807) is 24.0 Å². The Morgan fingerprint density at radius 1 is 1.16 bits per heavy atom. The normalized spacial score (nSPS) is 20.1. The number of benzene rings is 1. The number of nitrogens with zero attached hydrogens (tertiary/aromatic N) is 4. The van der Waals surface area contributed by atoms with Crippen LogP contribution >= 0.6 is 0 Å². The summed E-state index contributed by atoms with van der Waals surface area (Å²) in [6.45, 7) is 4.05. The first-order valence-corrected chi connectivity index (χ1v) is 11.7. The topological polar surface area (TPSA) is 102 Å². The van der Waals surface area contributed by atoms with Crippen molar-refractivity contribution in [2.75, 3.05) is 40.0 Å². The third-order valence-electron chi connectivity index (χ3n) is 5.65. The van der Waals surface area contributed by atoms with Crippen LogP contribution in [-0.4, -0.2) is 73.5 Å². The van der Waals surface area contributed by atoms with Crippen LogP contribution in [0.1, 0.15) is 40.8 Å². The lowest BCUT2D eigenvalue weighted by molar-refractivity contribution is 0.0300. The molecular formula is C21H26N4O5S. The van der Waals surface area contributed by atoms with Crippen molar-refractivity contribution >= 4 is 15.9 Å². The maximum absolute atomic E-state index is 13.4. The van der Waals surface area contributed by atoms with Crippen LogP contribution in [0.15, 0.2) is 35.4 Å². The predicted molar refractivity (Wildman–Crippen MR) is 112 cm³/mol. The summed E-state index contributed by atoms with van der Waals surface area (Å²) in [6, 6.07) is 5.80. The quantitative estimate of drug-likeness (QED) is 0.690. The molecule has 2 saturated heterocycles. The van der Waals surface area contributed by atoms with E-state index < -0.39 is 16.1 Å². The zero-order chi connectivity index (χ0) is 22.0. The van der Waals surface area contributed by atoms with Gasteiger partial charge in [0.05, 0.1) is 42.5 Å². The summed E-state index contributed by atoms with van der Waals surface area (Å²) in [5.74, 6) is 0.899. The maximum atomic E-state index is 13.4. The van der Waals surface area contributed by atoms with E-state index in [1.165, 1.54) is 29.7 Å². The third kappa shape index (κ3) is 4.28. The molecule has 3 heterocycles. The number of ether oxygens (including phenoxy) is 2. The van der Waals surface area contributed by atoms with E-state index in [0.29, 0.717) is 68.5 Å². The van der Waals surface area contributed by atoms with Gasteiger partial charge in [0.2, 0.25) is 10.0 Å². The monoisotopic (exact) mass is 446 g/mol. The Labute approximate surface area is 182 Å². The number of amides is 1. The van der Waals surface area contributed by atoms with Crippen molar-refractivity contribution in [3.8, 4) is 5.75 Å². The Balaban J connectivity index is 1.69. The predicted octanol–water partition coefficient (Wildman–Crippen LogP) is 1.79. The molecule has 1 aromatic heterocycles. The molecule has 9 nitrogen and oxygen atoms in total. The number of aryl methyl sites for hydroxylation is 1. The zero-order valence-electron chi connectivity index (χ0n) is 17.7. The molecule has 1 atom stereocenters. The molecular weight excluding hydrogens is 420 g/mol. The van der Waals surface area contributed by atoms with Gasteiger partial charge in [0.15, 0.2) is 0 Å². The lowest BCUT2D eigenvalue weighted by atomic mass is 10.1. The Morgan fingerprint density at radius 3 is 2.55 bits per heavy atom. The second kappa shape index (κ2) is 8.89. The fourth-order valence-corrected chi connectivity index (χ4v) is 5.69. The molecule has 0 bridgehead atoms. The number of carbonyl (C=O) groups excluding carboxylic acids is 1. The smallest absolute Gasteiger partial charge is 0.257 e. The largest absolute Gasteiger partial charge is 0.497 e. The molecule has 10 heteroatoms. The first-order chi connectivity index (χ1) is 14.9. The number of sulfonamides is 1. The molecule has 1 amide bonds. The molecule has 0 unspecified atom stereocenters. The third-order valence-corrected chi connectivity index (χ3v) is 7.58.